The van der Waals surface area contributed by atoms with Crippen LogP contribution < -0.4 is 4.74 Å². The predicted molar refractivity (Wildman–Crippen MR) is 67.8 cm³/mol. The van der Waals surface area contributed by atoms with Crippen LogP contribution in [0.5, 0.6) is 5.88 Å². The van der Waals surface area contributed by atoms with Crippen LogP contribution in [0.25, 0.3) is 0 Å². The Morgan fingerprint density at radius 1 is 1.35 bits per heavy atom. The Labute approximate surface area is 109 Å². The zero-order valence-electron chi connectivity index (χ0n) is 9.61. The van der Waals surface area contributed by atoms with Crippen molar-refractivity contribution >= 4 is 22.9 Å². The van der Waals surface area contributed by atoms with Gasteiger partial charge in [-0.25, -0.2) is 9.97 Å². The summed E-state index contributed by atoms with van der Waals surface area (Å²) in [5.74, 6) is 0.518. The molecule has 0 aliphatic rings. The molecule has 90 valence electrons. The second-order valence-electron chi connectivity index (χ2n) is 3.58. The molecule has 2 aromatic rings. The molecule has 17 heavy (non-hydrogen) atoms. The van der Waals surface area contributed by atoms with Crippen LogP contribution in [0, 0.1) is 13.8 Å². The topological polar surface area (TPSA) is 47.9 Å². The number of halogens is 1. The molecule has 0 saturated carbocycles. The van der Waals surface area contributed by atoms with Crippen LogP contribution >= 0.6 is 22.9 Å². The minimum Gasteiger partial charge on any atom is -0.477 e. The van der Waals surface area contributed by atoms with Gasteiger partial charge in [0, 0.05) is 23.1 Å². The second kappa shape index (κ2) is 5.42. The number of hydrogen-bond acceptors (Lipinski definition) is 5. The fourth-order valence-electron chi connectivity index (χ4n) is 1.39. The highest BCUT2D eigenvalue weighted by Crippen LogP contribution is 2.15. The smallest absolute Gasteiger partial charge is 0.225 e. The van der Waals surface area contributed by atoms with Gasteiger partial charge in [0.25, 0.3) is 0 Å². The maximum Gasteiger partial charge on any atom is 0.225 e. The van der Waals surface area contributed by atoms with E-state index >= 15 is 0 Å². The van der Waals surface area contributed by atoms with E-state index < -0.39 is 0 Å². The molecule has 0 spiro atoms. The van der Waals surface area contributed by atoms with Crippen molar-refractivity contribution in [2.75, 3.05) is 6.61 Å². The first-order valence-corrected chi connectivity index (χ1v) is 6.44. The highest BCUT2D eigenvalue weighted by atomic mass is 35.5. The monoisotopic (exact) mass is 269 g/mol. The largest absolute Gasteiger partial charge is 0.477 e. The quantitative estimate of drug-likeness (QED) is 0.801. The van der Waals surface area contributed by atoms with Crippen molar-refractivity contribution in [1.82, 2.24) is 15.0 Å². The van der Waals surface area contributed by atoms with E-state index in [1.165, 1.54) is 4.88 Å². The highest BCUT2D eigenvalue weighted by molar-refractivity contribution is 7.09. The minimum absolute atomic E-state index is 0.217. The number of nitrogens with zero attached hydrogens (tertiary/aromatic N) is 3. The molecule has 0 radical (unpaired) electrons. The van der Waals surface area contributed by atoms with Gasteiger partial charge >= 0.3 is 0 Å². The SMILES string of the molecule is Cc1cc(OCCc2scnc2C)nc(Cl)n1. The molecule has 0 atom stereocenters. The first kappa shape index (κ1) is 12.3. The summed E-state index contributed by atoms with van der Waals surface area (Å²) in [6.07, 6.45) is 0.831. The van der Waals surface area contributed by atoms with E-state index in [0.29, 0.717) is 12.5 Å². The summed E-state index contributed by atoms with van der Waals surface area (Å²) in [6.45, 7) is 4.42. The molecule has 0 fully saturated rings. The summed E-state index contributed by atoms with van der Waals surface area (Å²) in [4.78, 5) is 13.4. The van der Waals surface area contributed by atoms with Gasteiger partial charge in [-0.05, 0) is 25.4 Å². The van der Waals surface area contributed by atoms with E-state index in [-0.39, 0.29) is 5.28 Å². The molecule has 0 aromatic carbocycles. The summed E-state index contributed by atoms with van der Waals surface area (Å²) in [7, 11) is 0. The molecule has 2 aromatic heterocycles. The summed E-state index contributed by atoms with van der Waals surface area (Å²) >= 11 is 7.38. The fraction of sp³-hybridized carbons (Fsp3) is 0.364. The van der Waals surface area contributed by atoms with Gasteiger partial charge in [-0.1, -0.05) is 0 Å². The zero-order valence-corrected chi connectivity index (χ0v) is 11.2. The molecule has 0 N–H and O–H groups in total. The zero-order chi connectivity index (χ0) is 12.3. The third-order valence-electron chi connectivity index (χ3n) is 2.23. The number of thiazole rings is 1. The van der Waals surface area contributed by atoms with Crippen LogP contribution in [0.3, 0.4) is 0 Å². The van der Waals surface area contributed by atoms with Gasteiger partial charge in [-0.2, -0.15) is 4.98 Å². The van der Waals surface area contributed by atoms with Crippen molar-refractivity contribution in [2.24, 2.45) is 0 Å². The lowest BCUT2D eigenvalue weighted by atomic mass is 10.3. The molecular weight excluding hydrogens is 258 g/mol. The third-order valence-corrected chi connectivity index (χ3v) is 3.39. The van der Waals surface area contributed by atoms with Crippen LogP contribution in [-0.2, 0) is 6.42 Å². The van der Waals surface area contributed by atoms with Crippen molar-refractivity contribution in [3.63, 3.8) is 0 Å². The van der Waals surface area contributed by atoms with Crippen LogP contribution in [0.2, 0.25) is 5.28 Å². The molecule has 0 unspecified atom stereocenters. The van der Waals surface area contributed by atoms with E-state index in [0.717, 1.165) is 17.8 Å². The molecular formula is C11H12ClN3OS. The number of aromatic nitrogens is 3. The number of aryl methyl sites for hydroxylation is 2. The molecule has 0 bridgehead atoms. The summed E-state index contributed by atoms with van der Waals surface area (Å²) in [5, 5.41) is 0.217. The van der Waals surface area contributed by atoms with Gasteiger partial charge in [-0.3, -0.25) is 0 Å². The Bertz CT molecular complexity index is 495. The van der Waals surface area contributed by atoms with Crippen LogP contribution in [0.1, 0.15) is 16.3 Å². The highest BCUT2D eigenvalue weighted by Gasteiger charge is 2.04. The Morgan fingerprint density at radius 2 is 2.18 bits per heavy atom. The normalized spacial score (nSPS) is 10.5. The van der Waals surface area contributed by atoms with E-state index in [1.807, 2.05) is 19.4 Å². The minimum atomic E-state index is 0.217. The summed E-state index contributed by atoms with van der Waals surface area (Å²) < 4.78 is 5.54. The van der Waals surface area contributed by atoms with Crippen molar-refractivity contribution in [3.05, 3.63) is 33.1 Å². The van der Waals surface area contributed by atoms with Gasteiger partial charge in [-0.15, -0.1) is 11.3 Å². The lowest BCUT2D eigenvalue weighted by Crippen LogP contribution is -2.03. The molecule has 0 aliphatic carbocycles. The van der Waals surface area contributed by atoms with Crippen LogP contribution in [0.15, 0.2) is 11.6 Å². The van der Waals surface area contributed by atoms with Crippen molar-refractivity contribution in [2.45, 2.75) is 20.3 Å². The number of rotatable bonds is 4. The van der Waals surface area contributed by atoms with Crippen LogP contribution in [0.4, 0.5) is 0 Å². The van der Waals surface area contributed by atoms with Crippen molar-refractivity contribution in [3.8, 4) is 5.88 Å². The second-order valence-corrected chi connectivity index (χ2v) is 4.85. The standard InChI is InChI=1S/C11H12ClN3OS/c1-7-5-10(15-11(12)14-7)16-4-3-9-8(2)13-6-17-9/h5-6H,3-4H2,1-2H3. The molecule has 0 aliphatic heterocycles. The Kier molecular flexibility index (Phi) is 3.91. The Balaban J connectivity index is 1.92. The maximum absolute atomic E-state index is 5.74. The van der Waals surface area contributed by atoms with E-state index in [2.05, 4.69) is 15.0 Å². The average molecular weight is 270 g/mol. The Morgan fingerprint density at radius 3 is 2.82 bits per heavy atom. The fourth-order valence-corrected chi connectivity index (χ4v) is 2.37. The summed E-state index contributed by atoms with van der Waals surface area (Å²) in [6, 6.07) is 1.77. The first-order chi connectivity index (χ1) is 8.15. The maximum atomic E-state index is 5.74. The molecule has 2 heterocycles. The average Bonchev–Trinajstić information content (AvgIpc) is 2.63. The van der Waals surface area contributed by atoms with E-state index in [4.69, 9.17) is 16.3 Å². The Hall–Kier alpha value is -1.20. The third kappa shape index (κ3) is 3.38. The van der Waals surface area contributed by atoms with Gasteiger partial charge in [0.2, 0.25) is 11.2 Å². The summed E-state index contributed by atoms with van der Waals surface area (Å²) in [5.41, 5.74) is 3.71. The van der Waals surface area contributed by atoms with Gasteiger partial charge in [0.15, 0.2) is 0 Å². The van der Waals surface area contributed by atoms with Gasteiger partial charge in [0.1, 0.15) is 0 Å². The molecule has 0 amide bonds. The molecule has 0 saturated heterocycles. The number of hydrogen-bond donors (Lipinski definition) is 0. The van der Waals surface area contributed by atoms with Crippen molar-refractivity contribution < 1.29 is 4.74 Å². The van der Waals surface area contributed by atoms with Gasteiger partial charge in [0.05, 0.1) is 17.8 Å². The lowest BCUT2D eigenvalue weighted by molar-refractivity contribution is 0.309. The lowest BCUT2D eigenvalue weighted by Gasteiger charge is -2.05. The molecule has 4 nitrogen and oxygen atoms in total. The van der Waals surface area contributed by atoms with E-state index in [1.54, 1.807) is 17.4 Å². The van der Waals surface area contributed by atoms with E-state index in [9.17, 15) is 0 Å². The first-order valence-electron chi connectivity index (χ1n) is 5.18. The number of ether oxygens (including phenoxy) is 1. The predicted octanol–water partition coefficient (Wildman–Crippen LogP) is 2.82. The molecule has 6 heteroatoms. The molecule has 2 rings (SSSR count). The van der Waals surface area contributed by atoms with Gasteiger partial charge < -0.3 is 4.74 Å². The van der Waals surface area contributed by atoms with Crippen molar-refractivity contribution in [1.29, 1.82) is 0 Å². The van der Waals surface area contributed by atoms with Crippen LogP contribution in [-0.4, -0.2) is 21.6 Å².